The van der Waals surface area contributed by atoms with E-state index in [1.807, 2.05) is 6.07 Å². The Morgan fingerprint density at radius 3 is 1.92 bits per heavy atom. The Bertz CT molecular complexity index is 928. The quantitative estimate of drug-likeness (QED) is 0.107. The van der Waals surface area contributed by atoms with Crippen molar-refractivity contribution in [3.63, 3.8) is 0 Å². The van der Waals surface area contributed by atoms with E-state index in [1.165, 1.54) is 96.3 Å². The Morgan fingerprint density at radius 1 is 0.895 bits per heavy atom. The van der Waals surface area contributed by atoms with Crippen molar-refractivity contribution in [3.8, 4) is 5.75 Å². The van der Waals surface area contributed by atoms with Crippen molar-refractivity contribution >= 4 is 22.4 Å². The van der Waals surface area contributed by atoms with Gasteiger partial charge in [0.1, 0.15) is 11.6 Å². The molecule has 218 valence electrons. The SMILES string of the molecule is CCCCCCCCCCCCCCCCCCn1c(CCC(C)(N)CC)nc2cc(OS(=O)O)ccc21. The maximum atomic E-state index is 11.0. The van der Waals surface area contributed by atoms with E-state index < -0.39 is 11.4 Å². The van der Waals surface area contributed by atoms with Crippen LogP contribution in [0.2, 0.25) is 0 Å². The fraction of sp³-hybridized carbons (Fsp3) is 0.774. The molecule has 0 saturated carbocycles. The molecule has 0 bridgehead atoms. The Hall–Kier alpha value is -1.44. The zero-order valence-corrected chi connectivity index (χ0v) is 25.3. The summed E-state index contributed by atoms with van der Waals surface area (Å²) in [4.78, 5) is 4.86. The summed E-state index contributed by atoms with van der Waals surface area (Å²) in [5, 5.41) is 0. The largest absolute Gasteiger partial charge is 0.380 e. The molecule has 0 aliphatic heterocycles. The first kappa shape index (κ1) is 32.8. The highest BCUT2D eigenvalue weighted by atomic mass is 32.2. The van der Waals surface area contributed by atoms with Crippen LogP contribution in [0, 0.1) is 0 Å². The van der Waals surface area contributed by atoms with Crippen LogP contribution in [0.25, 0.3) is 11.0 Å². The fourth-order valence-corrected chi connectivity index (χ4v) is 5.39. The lowest BCUT2D eigenvalue weighted by molar-refractivity contribution is 0.410. The van der Waals surface area contributed by atoms with E-state index in [9.17, 15) is 4.21 Å². The van der Waals surface area contributed by atoms with Gasteiger partial charge >= 0.3 is 11.4 Å². The third-order valence-corrected chi connectivity index (χ3v) is 8.26. The maximum Gasteiger partial charge on any atom is 0.357 e. The van der Waals surface area contributed by atoms with Gasteiger partial charge in [0.2, 0.25) is 0 Å². The molecule has 2 aromatic rings. The third-order valence-electron chi connectivity index (χ3n) is 7.93. The van der Waals surface area contributed by atoms with Gasteiger partial charge in [-0.2, -0.15) is 4.21 Å². The molecule has 3 N–H and O–H groups in total. The minimum Gasteiger partial charge on any atom is -0.380 e. The van der Waals surface area contributed by atoms with Crippen molar-refractivity contribution in [2.75, 3.05) is 0 Å². The Balaban J connectivity index is 1.70. The predicted molar refractivity (Wildman–Crippen MR) is 162 cm³/mol. The van der Waals surface area contributed by atoms with E-state index in [2.05, 4.69) is 25.3 Å². The average Bonchev–Trinajstić information content (AvgIpc) is 3.23. The molecule has 1 aromatic heterocycles. The number of nitrogens with zero attached hydrogens (tertiary/aromatic N) is 2. The van der Waals surface area contributed by atoms with E-state index >= 15 is 0 Å². The zero-order chi connectivity index (χ0) is 27.6. The standard InChI is InChI=1S/C31H55N3O3S/c1-4-6-7-8-9-10-11-12-13-14-15-16-17-18-19-20-25-34-29-22-21-27(37-38(35)36)26-28(29)33-30(34)23-24-31(3,32)5-2/h21-22,26H,4-20,23-25,32H2,1-3H3,(H,35,36). The summed E-state index contributed by atoms with van der Waals surface area (Å²) < 4.78 is 27.4. The number of fused-ring (bicyclic) bond motifs is 1. The van der Waals surface area contributed by atoms with Gasteiger partial charge in [-0.1, -0.05) is 110 Å². The second-order valence-electron chi connectivity index (χ2n) is 11.4. The number of rotatable bonds is 23. The van der Waals surface area contributed by atoms with Crippen LogP contribution in [-0.2, 0) is 24.3 Å². The molecular weight excluding hydrogens is 494 g/mol. The molecule has 6 nitrogen and oxygen atoms in total. The number of imidazole rings is 1. The summed E-state index contributed by atoms with van der Waals surface area (Å²) in [5.74, 6) is 1.39. The summed E-state index contributed by atoms with van der Waals surface area (Å²) in [6.07, 6.45) is 24.4. The van der Waals surface area contributed by atoms with Gasteiger partial charge in [0.25, 0.3) is 0 Å². The van der Waals surface area contributed by atoms with Crippen LogP contribution < -0.4 is 9.92 Å². The van der Waals surface area contributed by atoms with Crippen LogP contribution in [0.1, 0.15) is 142 Å². The van der Waals surface area contributed by atoms with Gasteiger partial charge < -0.3 is 14.5 Å². The number of hydrogen-bond donors (Lipinski definition) is 2. The molecule has 0 radical (unpaired) electrons. The lowest BCUT2D eigenvalue weighted by atomic mass is 9.94. The molecule has 2 unspecified atom stereocenters. The highest BCUT2D eigenvalue weighted by Crippen LogP contribution is 2.25. The molecule has 0 spiro atoms. The van der Waals surface area contributed by atoms with Crippen molar-refractivity contribution in [3.05, 3.63) is 24.0 Å². The topological polar surface area (TPSA) is 90.4 Å². The first-order chi connectivity index (χ1) is 18.4. The summed E-state index contributed by atoms with van der Waals surface area (Å²) in [6.45, 7) is 7.44. The Kier molecular flexibility index (Phi) is 16.2. The van der Waals surface area contributed by atoms with Crippen LogP contribution in [0.15, 0.2) is 18.2 Å². The van der Waals surface area contributed by atoms with Crippen molar-refractivity contribution in [2.45, 2.75) is 155 Å². The van der Waals surface area contributed by atoms with Gasteiger partial charge in [-0.15, -0.1) is 0 Å². The smallest absolute Gasteiger partial charge is 0.357 e. The van der Waals surface area contributed by atoms with E-state index in [-0.39, 0.29) is 5.54 Å². The Labute approximate surface area is 235 Å². The van der Waals surface area contributed by atoms with Gasteiger partial charge in [0.05, 0.1) is 11.0 Å². The molecule has 0 amide bonds. The molecule has 2 rings (SSSR count). The first-order valence-electron chi connectivity index (χ1n) is 15.4. The van der Waals surface area contributed by atoms with Crippen LogP contribution in [0.3, 0.4) is 0 Å². The van der Waals surface area contributed by atoms with E-state index in [1.54, 1.807) is 12.1 Å². The maximum absolute atomic E-state index is 11.0. The van der Waals surface area contributed by atoms with Gasteiger partial charge in [0.15, 0.2) is 0 Å². The average molecular weight is 550 g/mol. The summed E-state index contributed by atoms with van der Waals surface area (Å²) >= 11 is -2.34. The third kappa shape index (κ3) is 13.1. The van der Waals surface area contributed by atoms with Gasteiger partial charge in [0, 0.05) is 24.6 Å². The monoisotopic (exact) mass is 549 g/mol. The highest BCUT2D eigenvalue weighted by molar-refractivity contribution is 7.74. The number of aryl methyl sites for hydroxylation is 2. The van der Waals surface area contributed by atoms with E-state index in [0.29, 0.717) is 5.75 Å². The molecule has 0 aliphatic rings. The highest BCUT2D eigenvalue weighted by Gasteiger charge is 2.19. The van der Waals surface area contributed by atoms with Crippen LogP contribution in [-0.4, -0.2) is 23.9 Å². The molecule has 2 atom stereocenters. The second kappa shape index (κ2) is 18.8. The molecule has 0 aliphatic carbocycles. The number of unbranched alkanes of at least 4 members (excludes halogenated alkanes) is 15. The van der Waals surface area contributed by atoms with E-state index in [0.717, 1.165) is 49.1 Å². The lowest BCUT2D eigenvalue weighted by Crippen LogP contribution is -2.35. The zero-order valence-electron chi connectivity index (χ0n) is 24.5. The van der Waals surface area contributed by atoms with Crippen molar-refractivity contribution in [2.24, 2.45) is 5.73 Å². The minimum atomic E-state index is -2.34. The Morgan fingerprint density at radius 2 is 1.42 bits per heavy atom. The summed E-state index contributed by atoms with van der Waals surface area (Å²) in [6, 6.07) is 5.44. The number of benzene rings is 1. The summed E-state index contributed by atoms with van der Waals surface area (Å²) in [7, 11) is 0. The molecule has 0 fully saturated rings. The van der Waals surface area contributed by atoms with Crippen LogP contribution >= 0.6 is 0 Å². The first-order valence-corrected chi connectivity index (χ1v) is 16.5. The predicted octanol–water partition coefficient (Wildman–Crippen LogP) is 8.87. The lowest BCUT2D eigenvalue weighted by Gasteiger charge is -2.22. The molecule has 1 aromatic carbocycles. The molecule has 1 heterocycles. The minimum absolute atomic E-state index is 0.209. The van der Waals surface area contributed by atoms with Gasteiger partial charge in [-0.3, -0.25) is 4.55 Å². The van der Waals surface area contributed by atoms with Crippen LogP contribution in [0.5, 0.6) is 5.75 Å². The fourth-order valence-electron chi connectivity index (χ4n) is 5.13. The summed E-state index contributed by atoms with van der Waals surface area (Å²) in [5.41, 5.74) is 8.05. The van der Waals surface area contributed by atoms with Gasteiger partial charge in [-0.05, 0) is 38.3 Å². The normalized spacial score (nSPS) is 14.1. The van der Waals surface area contributed by atoms with E-state index in [4.69, 9.17) is 19.5 Å². The van der Waals surface area contributed by atoms with Crippen molar-refractivity contribution in [1.29, 1.82) is 0 Å². The molecule has 0 saturated heterocycles. The van der Waals surface area contributed by atoms with Crippen molar-refractivity contribution in [1.82, 2.24) is 9.55 Å². The molecular formula is C31H55N3O3S. The van der Waals surface area contributed by atoms with Crippen LogP contribution in [0.4, 0.5) is 0 Å². The number of nitrogens with two attached hydrogens (primary N) is 1. The number of aromatic nitrogens is 2. The number of hydrogen-bond acceptors (Lipinski definition) is 4. The molecule has 7 heteroatoms. The van der Waals surface area contributed by atoms with Gasteiger partial charge in [-0.25, -0.2) is 4.98 Å². The van der Waals surface area contributed by atoms with Crippen molar-refractivity contribution < 1.29 is 12.9 Å². The molecule has 38 heavy (non-hydrogen) atoms. The second-order valence-corrected chi connectivity index (χ2v) is 12.0.